The predicted molar refractivity (Wildman–Crippen MR) is 125 cm³/mol. The SMILES string of the molecule is Cn1cncc1-c1ccc2cnc(CC(=O)c3ccc(OC4CCNCC4)cc3)cc2c1. The van der Waals surface area contributed by atoms with Crippen molar-refractivity contribution in [1.82, 2.24) is 19.9 Å². The Hall–Kier alpha value is -3.51. The lowest BCUT2D eigenvalue weighted by Crippen LogP contribution is -2.34. The van der Waals surface area contributed by atoms with E-state index in [1.165, 1.54) is 0 Å². The molecule has 2 aromatic carbocycles. The van der Waals surface area contributed by atoms with E-state index in [1.54, 1.807) is 6.33 Å². The van der Waals surface area contributed by atoms with Gasteiger partial charge < -0.3 is 14.6 Å². The maximum absolute atomic E-state index is 12.8. The summed E-state index contributed by atoms with van der Waals surface area (Å²) in [5.74, 6) is 0.869. The Morgan fingerprint density at radius 1 is 1.06 bits per heavy atom. The van der Waals surface area contributed by atoms with Gasteiger partial charge >= 0.3 is 0 Å². The van der Waals surface area contributed by atoms with Crippen LogP contribution in [0.5, 0.6) is 5.75 Å². The van der Waals surface area contributed by atoms with E-state index in [2.05, 4.69) is 33.5 Å². The largest absolute Gasteiger partial charge is 0.490 e. The standard InChI is InChI=1S/C26H26N4O2/c1-30-17-28-16-25(30)19-2-3-20-15-29-22(13-21(20)12-19)14-26(31)18-4-6-23(7-5-18)32-24-8-10-27-11-9-24/h2-7,12-13,15-17,24,27H,8-11,14H2,1H3. The van der Waals surface area contributed by atoms with E-state index in [1.807, 2.05) is 54.3 Å². The van der Waals surface area contributed by atoms with Gasteiger partial charge in [-0.3, -0.25) is 9.78 Å². The van der Waals surface area contributed by atoms with Gasteiger partial charge in [0.1, 0.15) is 11.9 Å². The first kappa shape index (κ1) is 20.4. The number of hydrogen-bond donors (Lipinski definition) is 1. The molecule has 6 heteroatoms. The highest BCUT2D eigenvalue weighted by Crippen LogP contribution is 2.24. The number of nitrogens with one attached hydrogen (secondary N) is 1. The Labute approximate surface area is 187 Å². The van der Waals surface area contributed by atoms with Crippen molar-refractivity contribution in [1.29, 1.82) is 0 Å². The Morgan fingerprint density at radius 2 is 1.88 bits per heavy atom. The fraction of sp³-hybridized carbons (Fsp3) is 0.269. The summed E-state index contributed by atoms with van der Waals surface area (Å²) in [5.41, 5.74) is 3.58. The van der Waals surface area contributed by atoms with Crippen molar-refractivity contribution in [3.8, 4) is 17.0 Å². The number of Topliss-reactive ketones (excluding diaryl/α,β-unsaturated/α-hetero) is 1. The van der Waals surface area contributed by atoms with Gasteiger partial charge in [0.2, 0.25) is 0 Å². The van der Waals surface area contributed by atoms with E-state index >= 15 is 0 Å². The molecule has 1 aliphatic heterocycles. The number of nitrogens with zero attached hydrogens (tertiary/aromatic N) is 3. The first-order chi connectivity index (χ1) is 15.7. The summed E-state index contributed by atoms with van der Waals surface area (Å²) < 4.78 is 8.03. The number of ketones is 1. The minimum atomic E-state index is 0.0491. The number of aryl methyl sites for hydroxylation is 1. The third-order valence-electron chi connectivity index (χ3n) is 6.00. The molecule has 2 aromatic heterocycles. The van der Waals surface area contributed by atoms with Gasteiger partial charge in [0.05, 0.1) is 24.6 Å². The number of carbonyl (C=O) groups excluding carboxylic acids is 1. The molecule has 0 bridgehead atoms. The molecule has 5 rings (SSSR count). The summed E-state index contributed by atoms with van der Waals surface area (Å²) >= 11 is 0. The lowest BCUT2D eigenvalue weighted by molar-refractivity contribution is 0.0992. The van der Waals surface area contributed by atoms with E-state index in [4.69, 9.17) is 4.74 Å². The van der Waals surface area contributed by atoms with Gasteiger partial charge in [0, 0.05) is 35.5 Å². The van der Waals surface area contributed by atoms with Crippen molar-refractivity contribution in [3.05, 3.63) is 78.5 Å². The molecule has 1 aliphatic rings. The van der Waals surface area contributed by atoms with Gasteiger partial charge in [-0.05, 0) is 67.7 Å². The molecule has 0 radical (unpaired) electrons. The molecule has 0 saturated carbocycles. The number of pyridine rings is 1. The van der Waals surface area contributed by atoms with E-state index in [0.717, 1.165) is 59.4 Å². The maximum atomic E-state index is 12.8. The van der Waals surface area contributed by atoms with E-state index in [-0.39, 0.29) is 18.3 Å². The van der Waals surface area contributed by atoms with E-state index < -0.39 is 0 Å². The molecule has 1 fully saturated rings. The number of fused-ring (bicyclic) bond motifs is 1. The number of ether oxygens (including phenoxy) is 1. The monoisotopic (exact) mass is 426 g/mol. The zero-order valence-electron chi connectivity index (χ0n) is 18.1. The van der Waals surface area contributed by atoms with Crippen LogP contribution in [0.3, 0.4) is 0 Å². The van der Waals surface area contributed by atoms with E-state index in [0.29, 0.717) is 5.56 Å². The van der Waals surface area contributed by atoms with Crippen LogP contribution >= 0.6 is 0 Å². The molecule has 4 aromatic rings. The molecule has 162 valence electrons. The fourth-order valence-corrected chi connectivity index (χ4v) is 4.17. The van der Waals surface area contributed by atoms with Crippen LogP contribution in [0.2, 0.25) is 0 Å². The molecule has 0 amide bonds. The Bertz CT molecular complexity index is 1240. The minimum absolute atomic E-state index is 0.0491. The topological polar surface area (TPSA) is 69.0 Å². The fourth-order valence-electron chi connectivity index (χ4n) is 4.17. The molecule has 1 N–H and O–H groups in total. The molecule has 32 heavy (non-hydrogen) atoms. The molecule has 0 unspecified atom stereocenters. The molecular weight excluding hydrogens is 400 g/mol. The first-order valence-corrected chi connectivity index (χ1v) is 11.0. The lowest BCUT2D eigenvalue weighted by atomic mass is 10.0. The van der Waals surface area contributed by atoms with Crippen LogP contribution in [0.1, 0.15) is 28.9 Å². The highest BCUT2D eigenvalue weighted by atomic mass is 16.5. The van der Waals surface area contributed by atoms with Gasteiger partial charge in [-0.2, -0.15) is 0 Å². The molecule has 6 nitrogen and oxygen atoms in total. The molecule has 0 atom stereocenters. The summed E-state index contributed by atoms with van der Waals surface area (Å²) in [7, 11) is 1.98. The van der Waals surface area contributed by atoms with Gasteiger partial charge in [-0.1, -0.05) is 12.1 Å². The molecule has 0 spiro atoms. The van der Waals surface area contributed by atoms with Crippen molar-refractivity contribution >= 4 is 16.6 Å². The van der Waals surface area contributed by atoms with Crippen LogP contribution in [0.25, 0.3) is 22.0 Å². The Morgan fingerprint density at radius 3 is 2.62 bits per heavy atom. The summed E-state index contributed by atoms with van der Waals surface area (Å²) in [4.78, 5) is 21.6. The minimum Gasteiger partial charge on any atom is -0.490 e. The van der Waals surface area contributed by atoms with Gasteiger partial charge in [-0.25, -0.2) is 4.98 Å². The Kier molecular flexibility index (Phi) is 5.69. The van der Waals surface area contributed by atoms with Crippen LogP contribution in [0, 0.1) is 0 Å². The third kappa shape index (κ3) is 4.41. The number of carbonyl (C=O) groups is 1. The van der Waals surface area contributed by atoms with Crippen molar-refractivity contribution in [3.63, 3.8) is 0 Å². The summed E-state index contributed by atoms with van der Waals surface area (Å²) in [6.07, 6.45) is 8.01. The lowest BCUT2D eigenvalue weighted by Gasteiger charge is -2.23. The maximum Gasteiger partial charge on any atom is 0.168 e. The van der Waals surface area contributed by atoms with Crippen molar-refractivity contribution in [2.45, 2.75) is 25.4 Å². The van der Waals surface area contributed by atoms with Gasteiger partial charge in [0.25, 0.3) is 0 Å². The zero-order valence-corrected chi connectivity index (χ0v) is 18.1. The second-order valence-corrected chi connectivity index (χ2v) is 8.32. The average molecular weight is 427 g/mol. The highest BCUT2D eigenvalue weighted by Gasteiger charge is 2.15. The molecule has 3 heterocycles. The van der Waals surface area contributed by atoms with Crippen LogP contribution in [-0.2, 0) is 13.5 Å². The smallest absolute Gasteiger partial charge is 0.168 e. The van der Waals surface area contributed by atoms with Crippen molar-refractivity contribution in [2.24, 2.45) is 7.05 Å². The van der Waals surface area contributed by atoms with Crippen LogP contribution in [0.4, 0.5) is 0 Å². The second-order valence-electron chi connectivity index (χ2n) is 8.32. The average Bonchev–Trinajstić information content (AvgIpc) is 3.25. The van der Waals surface area contributed by atoms with E-state index in [9.17, 15) is 4.79 Å². The second kappa shape index (κ2) is 8.93. The normalized spacial score (nSPS) is 14.5. The molecule has 1 saturated heterocycles. The number of imidazole rings is 1. The number of hydrogen-bond acceptors (Lipinski definition) is 5. The van der Waals surface area contributed by atoms with Gasteiger partial charge in [-0.15, -0.1) is 0 Å². The quantitative estimate of drug-likeness (QED) is 0.468. The Balaban J connectivity index is 1.30. The van der Waals surface area contributed by atoms with Crippen LogP contribution in [-0.4, -0.2) is 39.5 Å². The van der Waals surface area contributed by atoms with Crippen LogP contribution < -0.4 is 10.1 Å². The summed E-state index contributed by atoms with van der Waals surface area (Å²) in [6, 6.07) is 15.7. The number of aromatic nitrogens is 3. The molecular formula is C26H26N4O2. The number of benzene rings is 2. The summed E-state index contributed by atoms with van der Waals surface area (Å²) in [5, 5.41) is 5.45. The van der Waals surface area contributed by atoms with Gasteiger partial charge in [0.15, 0.2) is 5.78 Å². The molecule has 0 aliphatic carbocycles. The number of rotatable bonds is 6. The van der Waals surface area contributed by atoms with Crippen LogP contribution in [0.15, 0.2) is 67.3 Å². The first-order valence-electron chi connectivity index (χ1n) is 11.0. The number of piperidine rings is 1. The third-order valence-corrected chi connectivity index (χ3v) is 6.00. The summed E-state index contributed by atoms with van der Waals surface area (Å²) in [6.45, 7) is 1.98. The van der Waals surface area contributed by atoms with Crippen molar-refractivity contribution < 1.29 is 9.53 Å². The van der Waals surface area contributed by atoms with Crippen molar-refractivity contribution in [2.75, 3.05) is 13.1 Å². The predicted octanol–water partition coefficient (Wildman–Crippen LogP) is 4.19. The highest BCUT2D eigenvalue weighted by molar-refractivity contribution is 5.98. The zero-order chi connectivity index (χ0) is 21.9.